The van der Waals surface area contributed by atoms with Gasteiger partial charge in [-0.05, 0) is 61.7 Å². The van der Waals surface area contributed by atoms with Gasteiger partial charge in [0, 0.05) is 18.8 Å². The number of hydrogen-bond donors (Lipinski definition) is 0. The van der Waals surface area contributed by atoms with Crippen LogP contribution in [0.4, 0.5) is 0 Å². The Balaban J connectivity index is 1.39. The summed E-state index contributed by atoms with van der Waals surface area (Å²) in [5.74, 6) is 0.812. The summed E-state index contributed by atoms with van der Waals surface area (Å²) in [6, 6.07) is 0. The molecule has 4 aliphatic carbocycles. The first-order valence-corrected chi connectivity index (χ1v) is 11.8. The van der Waals surface area contributed by atoms with Gasteiger partial charge in [0.15, 0.2) is 11.4 Å². The smallest absolute Gasteiger partial charge is 0.313 e. The first kappa shape index (κ1) is 21.2. The molecule has 0 unspecified atom stereocenters. The number of epoxide rings is 1. The van der Waals surface area contributed by atoms with Crippen LogP contribution in [-0.4, -0.2) is 42.6 Å². The Morgan fingerprint density at radius 2 is 1.94 bits per heavy atom. The molecule has 0 N–H and O–H groups in total. The fourth-order valence-corrected chi connectivity index (χ4v) is 8.21. The highest BCUT2D eigenvalue weighted by Crippen LogP contribution is 2.73. The monoisotopic (exact) mass is 430 g/mol. The second-order valence-electron chi connectivity index (χ2n) is 10.9. The molecule has 0 aromatic heterocycles. The number of fused-ring (bicyclic) bond motifs is 7. The quantitative estimate of drug-likeness (QED) is 0.292. The zero-order valence-corrected chi connectivity index (χ0v) is 19.1. The summed E-state index contributed by atoms with van der Waals surface area (Å²) < 4.78 is 16.3. The van der Waals surface area contributed by atoms with E-state index in [0.29, 0.717) is 17.8 Å². The van der Waals surface area contributed by atoms with Crippen molar-refractivity contribution in [2.75, 3.05) is 7.11 Å². The van der Waals surface area contributed by atoms with Crippen molar-refractivity contribution in [2.24, 2.45) is 28.6 Å². The number of Topliss-reactive ketones (excluding diaryl/α,β-unsaturated/α-hetero) is 1. The number of allylic oxidation sites excluding steroid dienone is 1. The summed E-state index contributed by atoms with van der Waals surface area (Å²) in [6.45, 7) is 6.13. The number of ketones is 1. The molecule has 0 aromatic rings. The van der Waals surface area contributed by atoms with Crippen LogP contribution in [0, 0.1) is 28.6 Å². The van der Waals surface area contributed by atoms with Crippen molar-refractivity contribution in [1.29, 1.82) is 0 Å². The molecule has 5 rings (SSSR count). The number of ether oxygens (including phenoxy) is 3. The molecule has 0 amide bonds. The maximum Gasteiger partial charge on any atom is 0.313 e. The van der Waals surface area contributed by atoms with Crippen molar-refractivity contribution in [3.63, 3.8) is 0 Å². The third-order valence-electron chi connectivity index (χ3n) is 9.77. The largest absolute Gasteiger partial charge is 0.469 e. The lowest BCUT2D eigenvalue weighted by molar-refractivity contribution is -0.152. The number of methoxy groups -OCH3 is 1. The van der Waals surface area contributed by atoms with Gasteiger partial charge in [0.1, 0.15) is 12.5 Å². The second kappa shape index (κ2) is 6.90. The average molecular weight is 431 g/mol. The molecular weight excluding hydrogens is 396 g/mol. The zero-order valence-electron chi connectivity index (χ0n) is 19.1. The molecule has 5 aliphatic rings. The van der Waals surface area contributed by atoms with Crippen LogP contribution in [0.15, 0.2) is 11.6 Å². The molecule has 1 saturated heterocycles. The third kappa shape index (κ3) is 2.82. The van der Waals surface area contributed by atoms with Crippen molar-refractivity contribution >= 4 is 17.7 Å². The standard InChI is InChI=1S/C25H34O6/c1-14(26)30-16-7-9-23(2)15(11-16)5-6-17-18(23)8-10-24(3)19(17)12-21-25(24,31-21)20(27)13-22(28)29-4/h5,16-19,21H,6-13H2,1-4H3/t16-,17+,18-,19-,21+,23-,24-,25-/m0/s1. The minimum atomic E-state index is -0.783. The van der Waals surface area contributed by atoms with Crippen LogP contribution in [0.25, 0.3) is 0 Å². The predicted molar refractivity (Wildman–Crippen MR) is 112 cm³/mol. The summed E-state index contributed by atoms with van der Waals surface area (Å²) >= 11 is 0. The topological polar surface area (TPSA) is 82.2 Å². The van der Waals surface area contributed by atoms with Crippen molar-refractivity contribution in [3.8, 4) is 0 Å². The van der Waals surface area contributed by atoms with Crippen LogP contribution >= 0.6 is 0 Å². The Morgan fingerprint density at radius 1 is 1.16 bits per heavy atom. The molecular formula is C25H34O6. The van der Waals surface area contributed by atoms with E-state index in [9.17, 15) is 14.4 Å². The number of carbonyl (C=O) groups is 3. The van der Waals surface area contributed by atoms with Crippen LogP contribution < -0.4 is 0 Å². The summed E-state index contributed by atoms with van der Waals surface area (Å²) in [5.41, 5.74) is 0.623. The maximum atomic E-state index is 13.1. The second-order valence-corrected chi connectivity index (χ2v) is 10.9. The Morgan fingerprint density at radius 3 is 2.65 bits per heavy atom. The lowest BCUT2D eigenvalue weighted by atomic mass is 9.47. The van der Waals surface area contributed by atoms with E-state index in [2.05, 4.69) is 19.9 Å². The van der Waals surface area contributed by atoms with Crippen molar-refractivity contribution < 1.29 is 28.6 Å². The average Bonchev–Trinajstić information content (AvgIpc) is 3.40. The summed E-state index contributed by atoms with van der Waals surface area (Å²) in [5, 5.41) is 0. The van der Waals surface area contributed by atoms with Crippen LogP contribution in [0.3, 0.4) is 0 Å². The predicted octanol–water partition coefficient (Wildman–Crippen LogP) is 3.76. The van der Waals surface area contributed by atoms with Gasteiger partial charge < -0.3 is 14.2 Å². The Hall–Kier alpha value is -1.69. The van der Waals surface area contributed by atoms with Gasteiger partial charge in [0.2, 0.25) is 0 Å². The van der Waals surface area contributed by atoms with E-state index in [1.807, 2.05) is 0 Å². The fraction of sp³-hybridized carbons (Fsp3) is 0.800. The van der Waals surface area contributed by atoms with Crippen molar-refractivity contribution in [2.45, 2.75) is 89.9 Å². The van der Waals surface area contributed by atoms with Gasteiger partial charge in [-0.3, -0.25) is 14.4 Å². The van der Waals surface area contributed by atoms with Gasteiger partial charge in [-0.25, -0.2) is 0 Å². The molecule has 1 aliphatic heterocycles. The molecule has 0 bridgehead atoms. The van der Waals surface area contributed by atoms with Crippen LogP contribution in [0.1, 0.15) is 72.1 Å². The van der Waals surface area contributed by atoms with Gasteiger partial charge in [0.05, 0.1) is 13.2 Å². The minimum Gasteiger partial charge on any atom is -0.469 e. The minimum absolute atomic E-state index is 0.00830. The van der Waals surface area contributed by atoms with Gasteiger partial charge >= 0.3 is 11.9 Å². The number of hydrogen-bond acceptors (Lipinski definition) is 6. The van der Waals surface area contributed by atoms with E-state index < -0.39 is 11.6 Å². The van der Waals surface area contributed by atoms with Crippen molar-refractivity contribution in [1.82, 2.24) is 0 Å². The summed E-state index contributed by atoms with van der Waals surface area (Å²) in [6.07, 6.45) is 8.99. The Bertz CT molecular complexity index is 862. The molecule has 1 heterocycles. The number of carbonyl (C=O) groups excluding carboxylic acids is 3. The molecule has 0 radical (unpaired) electrons. The van der Waals surface area contributed by atoms with Gasteiger partial charge in [-0.15, -0.1) is 0 Å². The molecule has 170 valence electrons. The molecule has 6 nitrogen and oxygen atoms in total. The molecule has 0 aromatic carbocycles. The molecule has 0 spiro atoms. The summed E-state index contributed by atoms with van der Waals surface area (Å²) in [7, 11) is 1.33. The van der Waals surface area contributed by atoms with E-state index in [-0.39, 0.29) is 41.2 Å². The normalized spacial score (nSPS) is 47.1. The van der Waals surface area contributed by atoms with Crippen LogP contribution in [-0.2, 0) is 28.6 Å². The molecule has 4 fully saturated rings. The number of rotatable bonds is 4. The lowest BCUT2D eigenvalue weighted by Gasteiger charge is -2.58. The molecule has 31 heavy (non-hydrogen) atoms. The van der Waals surface area contributed by atoms with E-state index in [0.717, 1.165) is 44.9 Å². The van der Waals surface area contributed by atoms with Gasteiger partial charge in [0.25, 0.3) is 0 Å². The van der Waals surface area contributed by atoms with E-state index >= 15 is 0 Å². The Kier molecular flexibility index (Phi) is 4.71. The SMILES string of the molecule is COC(=O)CC(=O)[C@]12O[C@@H]1C[C@H]1[C@@H]3CC=C4C[C@@H](OC(C)=O)CC[C@]4(C)[C@H]3CC[C@@]12C. The first-order chi connectivity index (χ1) is 14.7. The number of esters is 2. The van der Waals surface area contributed by atoms with E-state index in [1.165, 1.54) is 19.6 Å². The summed E-state index contributed by atoms with van der Waals surface area (Å²) in [4.78, 5) is 36.4. The maximum absolute atomic E-state index is 13.1. The van der Waals surface area contributed by atoms with Crippen molar-refractivity contribution in [3.05, 3.63) is 11.6 Å². The highest BCUT2D eigenvalue weighted by molar-refractivity contribution is 6.03. The molecule has 8 atom stereocenters. The highest BCUT2D eigenvalue weighted by Gasteiger charge is 2.80. The third-order valence-corrected chi connectivity index (χ3v) is 9.77. The Labute approximate surface area is 184 Å². The van der Waals surface area contributed by atoms with Crippen LogP contribution in [0.2, 0.25) is 0 Å². The fourth-order valence-electron chi connectivity index (χ4n) is 8.21. The van der Waals surface area contributed by atoms with Crippen LogP contribution in [0.5, 0.6) is 0 Å². The van der Waals surface area contributed by atoms with E-state index in [1.54, 1.807) is 0 Å². The molecule has 6 heteroatoms. The lowest BCUT2D eigenvalue weighted by Crippen LogP contribution is -2.54. The first-order valence-electron chi connectivity index (χ1n) is 11.8. The molecule has 3 saturated carbocycles. The van der Waals surface area contributed by atoms with E-state index in [4.69, 9.17) is 14.2 Å². The zero-order chi connectivity index (χ0) is 22.2. The van der Waals surface area contributed by atoms with Gasteiger partial charge in [-0.2, -0.15) is 0 Å². The van der Waals surface area contributed by atoms with Gasteiger partial charge in [-0.1, -0.05) is 25.5 Å². The highest BCUT2D eigenvalue weighted by atomic mass is 16.6.